The number of nitrogens with one attached hydrogen (secondary N) is 2. The molecule has 21 heavy (non-hydrogen) atoms. The van der Waals surface area contributed by atoms with E-state index in [0.717, 1.165) is 26.9 Å². The third-order valence-corrected chi connectivity index (χ3v) is 3.79. The first-order valence-corrected chi connectivity index (χ1v) is 7.38. The van der Waals surface area contributed by atoms with Crippen LogP contribution in [0.2, 0.25) is 0 Å². The molecule has 3 N–H and O–H groups in total. The Morgan fingerprint density at radius 1 is 1.19 bits per heavy atom. The van der Waals surface area contributed by atoms with Gasteiger partial charge in [0.25, 0.3) is 0 Å². The van der Waals surface area contributed by atoms with Crippen LogP contribution in [-0.4, -0.2) is 11.1 Å². The molecule has 0 saturated heterocycles. The number of rotatable bonds is 4. The van der Waals surface area contributed by atoms with Gasteiger partial charge in [0.15, 0.2) is 0 Å². The Kier molecular flexibility index (Phi) is 5.36. The molecular formula is C16H17BrN2O2. The highest BCUT2D eigenvalue weighted by molar-refractivity contribution is 9.10. The average molecular weight is 349 g/mol. The van der Waals surface area contributed by atoms with Gasteiger partial charge in [-0.15, -0.1) is 0 Å². The summed E-state index contributed by atoms with van der Waals surface area (Å²) in [6.45, 7) is 2.29. The molecule has 0 heterocycles. The van der Waals surface area contributed by atoms with E-state index in [-0.39, 0.29) is 12.6 Å². The monoisotopic (exact) mass is 348 g/mol. The van der Waals surface area contributed by atoms with Crippen LogP contribution in [0.1, 0.15) is 16.7 Å². The summed E-state index contributed by atoms with van der Waals surface area (Å²) in [6.07, 6.45) is 0. The predicted molar refractivity (Wildman–Crippen MR) is 87.1 cm³/mol. The molecule has 0 unspecified atom stereocenters. The van der Waals surface area contributed by atoms with E-state index in [9.17, 15) is 9.90 Å². The molecule has 2 aromatic rings. The molecule has 0 spiro atoms. The van der Waals surface area contributed by atoms with Crippen molar-refractivity contribution >= 4 is 27.6 Å². The molecule has 0 aromatic heterocycles. The van der Waals surface area contributed by atoms with Crippen LogP contribution < -0.4 is 10.6 Å². The summed E-state index contributed by atoms with van der Waals surface area (Å²) < 4.78 is 0.832. The highest BCUT2D eigenvalue weighted by Gasteiger charge is 2.07. The summed E-state index contributed by atoms with van der Waals surface area (Å²) >= 11 is 3.40. The fourth-order valence-corrected chi connectivity index (χ4v) is 2.31. The lowest BCUT2D eigenvalue weighted by Crippen LogP contribution is -2.28. The summed E-state index contributed by atoms with van der Waals surface area (Å²) in [5.74, 6) is 0. The van der Waals surface area contributed by atoms with Crippen LogP contribution in [0.15, 0.2) is 46.9 Å². The summed E-state index contributed by atoms with van der Waals surface area (Å²) in [6, 6.07) is 12.9. The number of halogens is 1. The van der Waals surface area contributed by atoms with Gasteiger partial charge in [0.05, 0.1) is 12.3 Å². The minimum absolute atomic E-state index is 0.0388. The van der Waals surface area contributed by atoms with E-state index >= 15 is 0 Å². The van der Waals surface area contributed by atoms with Crippen LogP contribution in [0.5, 0.6) is 0 Å². The maximum absolute atomic E-state index is 11.9. The van der Waals surface area contributed by atoms with Gasteiger partial charge in [-0.25, -0.2) is 4.79 Å². The quantitative estimate of drug-likeness (QED) is 0.790. The molecule has 0 atom stereocenters. The standard InChI is InChI=1S/C16H17BrN2O2/c1-11-6-7-14(17)15(8-11)19-16(21)18-9-12-4-2-3-5-13(12)10-20/h2-8,20H,9-10H2,1H3,(H2,18,19,21). The van der Waals surface area contributed by atoms with Gasteiger partial charge in [0.2, 0.25) is 0 Å². The second-order valence-corrected chi connectivity index (χ2v) is 5.57. The fourth-order valence-electron chi connectivity index (χ4n) is 1.96. The topological polar surface area (TPSA) is 61.4 Å². The lowest BCUT2D eigenvalue weighted by molar-refractivity contribution is 0.251. The predicted octanol–water partition coefficient (Wildman–Crippen LogP) is 3.57. The van der Waals surface area contributed by atoms with E-state index in [2.05, 4.69) is 26.6 Å². The van der Waals surface area contributed by atoms with Crippen molar-refractivity contribution in [1.82, 2.24) is 5.32 Å². The second-order valence-electron chi connectivity index (χ2n) is 4.72. The Bertz CT molecular complexity index is 644. The zero-order chi connectivity index (χ0) is 15.2. The Morgan fingerprint density at radius 3 is 2.62 bits per heavy atom. The van der Waals surface area contributed by atoms with E-state index in [4.69, 9.17) is 0 Å². The minimum Gasteiger partial charge on any atom is -0.392 e. The van der Waals surface area contributed by atoms with Crippen LogP contribution in [0.25, 0.3) is 0 Å². The number of carbonyl (C=O) groups is 1. The number of urea groups is 1. The first-order valence-electron chi connectivity index (χ1n) is 6.59. The third-order valence-electron chi connectivity index (χ3n) is 3.10. The number of carbonyl (C=O) groups excluding carboxylic acids is 1. The second kappa shape index (κ2) is 7.24. The van der Waals surface area contributed by atoms with Gasteiger partial charge in [-0.3, -0.25) is 0 Å². The molecule has 5 heteroatoms. The molecule has 0 aliphatic heterocycles. The van der Waals surface area contributed by atoms with Crippen molar-refractivity contribution in [3.8, 4) is 0 Å². The maximum atomic E-state index is 11.9. The first-order chi connectivity index (χ1) is 10.1. The minimum atomic E-state index is -0.283. The highest BCUT2D eigenvalue weighted by atomic mass is 79.9. The number of anilines is 1. The number of benzene rings is 2. The zero-order valence-electron chi connectivity index (χ0n) is 11.7. The number of aryl methyl sites for hydroxylation is 1. The molecule has 2 rings (SSSR count). The molecule has 110 valence electrons. The summed E-state index contributed by atoms with van der Waals surface area (Å²) in [4.78, 5) is 11.9. The molecule has 0 bridgehead atoms. The number of aliphatic hydroxyl groups excluding tert-OH is 1. The highest BCUT2D eigenvalue weighted by Crippen LogP contribution is 2.23. The summed E-state index contributed by atoms with van der Waals surface area (Å²) in [5, 5.41) is 14.8. The first kappa shape index (κ1) is 15.5. The van der Waals surface area contributed by atoms with Crippen molar-refractivity contribution < 1.29 is 9.90 Å². The van der Waals surface area contributed by atoms with Crippen LogP contribution >= 0.6 is 15.9 Å². The van der Waals surface area contributed by atoms with Gasteiger partial charge in [-0.2, -0.15) is 0 Å². The van der Waals surface area contributed by atoms with Gasteiger partial charge < -0.3 is 15.7 Å². The molecule has 2 amide bonds. The van der Waals surface area contributed by atoms with Gasteiger partial charge in [0.1, 0.15) is 0 Å². The molecule has 2 aromatic carbocycles. The Balaban J connectivity index is 1.97. The lowest BCUT2D eigenvalue weighted by Gasteiger charge is -2.11. The van der Waals surface area contributed by atoms with Crippen LogP contribution in [0, 0.1) is 6.92 Å². The molecule has 4 nitrogen and oxygen atoms in total. The zero-order valence-corrected chi connectivity index (χ0v) is 13.3. The average Bonchev–Trinajstić information content (AvgIpc) is 2.49. The largest absolute Gasteiger partial charge is 0.392 e. The number of hydrogen-bond acceptors (Lipinski definition) is 2. The Morgan fingerprint density at radius 2 is 1.90 bits per heavy atom. The number of hydrogen-bond donors (Lipinski definition) is 3. The molecule has 0 fully saturated rings. The Hall–Kier alpha value is -1.85. The lowest BCUT2D eigenvalue weighted by atomic mass is 10.1. The maximum Gasteiger partial charge on any atom is 0.319 e. The fraction of sp³-hybridized carbons (Fsp3) is 0.188. The summed E-state index contributed by atoms with van der Waals surface area (Å²) in [7, 11) is 0. The van der Waals surface area contributed by atoms with E-state index in [1.165, 1.54) is 0 Å². The normalized spacial score (nSPS) is 10.2. The van der Waals surface area contributed by atoms with Gasteiger partial charge in [-0.05, 0) is 51.7 Å². The van der Waals surface area contributed by atoms with Crippen LogP contribution in [0.4, 0.5) is 10.5 Å². The van der Waals surface area contributed by atoms with Gasteiger partial charge in [-0.1, -0.05) is 30.3 Å². The molecule has 0 aliphatic carbocycles. The molecule has 0 aliphatic rings. The van der Waals surface area contributed by atoms with E-state index in [1.54, 1.807) is 0 Å². The SMILES string of the molecule is Cc1ccc(Br)c(NC(=O)NCc2ccccc2CO)c1. The third kappa shape index (κ3) is 4.31. The smallest absolute Gasteiger partial charge is 0.319 e. The van der Waals surface area contributed by atoms with Crippen LogP contribution in [0.3, 0.4) is 0 Å². The molecule has 0 radical (unpaired) electrons. The van der Waals surface area contributed by atoms with Gasteiger partial charge in [0, 0.05) is 11.0 Å². The van der Waals surface area contributed by atoms with Gasteiger partial charge >= 0.3 is 6.03 Å². The van der Waals surface area contributed by atoms with E-state index in [0.29, 0.717) is 6.54 Å². The summed E-state index contributed by atoms with van der Waals surface area (Å²) in [5.41, 5.74) is 3.51. The Labute approximate surface area is 132 Å². The van der Waals surface area contributed by atoms with Crippen LogP contribution in [-0.2, 0) is 13.2 Å². The van der Waals surface area contributed by atoms with E-state index < -0.39 is 0 Å². The van der Waals surface area contributed by atoms with Crippen molar-refractivity contribution in [2.75, 3.05) is 5.32 Å². The van der Waals surface area contributed by atoms with Crippen molar-refractivity contribution in [1.29, 1.82) is 0 Å². The van der Waals surface area contributed by atoms with E-state index in [1.807, 2.05) is 49.4 Å². The molecular weight excluding hydrogens is 332 g/mol. The van der Waals surface area contributed by atoms with Crippen molar-refractivity contribution in [2.24, 2.45) is 0 Å². The number of aliphatic hydroxyl groups is 1. The molecule has 0 saturated carbocycles. The van der Waals surface area contributed by atoms with Crippen molar-refractivity contribution in [2.45, 2.75) is 20.1 Å². The van der Waals surface area contributed by atoms with Crippen molar-refractivity contribution in [3.63, 3.8) is 0 Å². The van der Waals surface area contributed by atoms with Crippen molar-refractivity contribution in [3.05, 3.63) is 63.6 Å². The number of amides is 2.